The Hall–Kier alpha value is -3.49. The molecule has 9 heteroatoms. The number of carbonyl (C=O) groups excluding carboxylic acids is 1. The van der Waals surface area contributed by atoms with Crippen molar-refractivity contribution in [1.82, 2.24) is 0 Å². The second-order valence-electron chi connectivity index (χ2n) is 5.57. The van der Waals surface area contributed by atoms with Crippen LogP contribution in [0.1, 0.15) is 30.6 Å². The molecule has 1 unspecified atom stereocenters. The van der Waals surface area contributed by atoms with E-state index in [4.69, 9.17) is 4.74 Å². The van der Waals surface area contributed by atoms with Crippen LogP contribution >= 0.6 is 0 Å². The van der Waals surface area contributed by atoms with Crippen LogP contribution in [0.15, 0.2) is 42.5 Å². The van der Waals surface area contributed by atoms with E-state index in [1.54, 1.807) is 24.3 Å². The summed E-state index contributed by atoms with van der Waals surface area (Å²) >= 11 is 0. The number of nitrogens with one attached hydrogen (secondary N) is 1. The summed E-state index contributed by atoms with van der Waals surface area (Å²) < 4.78 is 5.63. The van der Waals surface area contributed by atoms with Crippen molar-refractivity contribution in [3.63, 3.8) is 0 Å². The summed E-state index contributed by atoms with van der Waals surface area (Å²) in [5.41, 5.74) is -0.796. The maximum atomic E-state index is 12.3. The minimum Gasteiger partial charge on any atom is -0.491 e. The summed E-state index contributed by atoms with van der Waals surface area (Å²) in [6.07, 6.45) is 0.908. The van der Waals surface area contributed by atoms with E-state index in [9.17, 15) is 25.0 Å². The number of ether oxygens (including phenoxy) is 1. The average molecular weight is 359 g/mol. The molecule has 0 aliphatic carbocycles. The lowest BCUT2D eigenvalue weighted by atomic mass is 10.1. The van der Waals surface area contributed by atoms with Gasteiger partial charge in [0.05, 0.1) is 27.6 Å². The Bertz CT molecular complexity index is 803. The third-order valence-corrected chi connectivity index (χ3v) is 3.61. The van der Waals surface area contributed by atoms with E-state index in [1.807, 2.05) is 13.8 Å². The van der Waals surface area contributed by atoms with Crippen molar-refractivity contribution in [2.45, 2.75) is 26.4 Å². The normalized spacial score (nSPS) is 11.5. The van der Waals surface area contributed by atoms with Gasteiger partial charge in [0, 0.05) is 17.8 Å². The molecule has 0 saturated heterocycles. The number of amides is 1. The maximum Gasteiger partial charge on any atom is 0.277 e. The number of hydrogen-bond acceptors (Lipinski definition) is 6. The molecular formula is C17H17N3O6. The van der Waals surface area contributed by atoms with Crippen molar-refractivity contribution in [3.05, 3.63) is 68.3 Å². The van der Waals surface area contributed by atoms with Crippen molar-refractivity contribution < 1.29 is 19.4 Å². The highest BCUT2D eigenvalue weighted by Crippen LogP contribution is 2.24. The van der Waals surface area contributed by atoms with Gasteiger partial charge in [-0.25, -0.2) is 0 Å². The maximum absolute atomic E-state index is 12.3. The molecule has 2 aromatic carbocycles. The van der Waals surface area contributed by atoms with Crippen LogP contribution in [0.3, 0.4) is 0 Å². The van der Waals surface area contributed by atoms with Gasteiger partial charge in [-0.2, -0.15) is 0 Å². The summed E-state index contributed by atoms with van der Waals surface area (Å²) in [6.45, 7) is 3.93. The lowest BCUT2D eigenvalue weighted by Crippen LogP contribution is -2.13. The van der Waals surface area contributed by atoms with Crippen molar-refractivity contribution in [1.29, 1.82) is 0 Å². The summed E-state index contributed by atoms with van der Waals surface area (Å²) in [6, 6.07) is 9.36. The van der Waals surface area contributed by atoms with Crippen LogP contribution in [0.5, 0.6) is 5.75 Å². The molecule has 1 amide bonds. The standard InChI is InChI=1S/C17H17N3O6/c1-3-11(2)26-16-6-4-13(5-7-16)18-17(21)12-8-14(19(22)23)10-15(9-12)20(24)25/h4-11H,3H2,1-2H3,(H,18,21). The number of benzene rings is 2. The summed E-state index contributed by atoms with van der Waals surface area (Å²) in [5.74, 6) is -0.0456. The first-order chi connectivity index (χ1) is 12.3. The van der Waals surface area contributed by atoms with Crippen molar-refractivity contribution in [2.75, 3.05) is 5.32 Å². The van der Waals surface area contributed by atoms with Crippen molar-refractivity contribution >= 4 is 23.0 Å². The van der Waals surface area contributed by atoms with Gasteiger partial charge in [0.25, 0.3) is 17.3 Å². The van der Waals surface area contributed by atoms with Gasteiger partial charge in [0.2, 0.25) is 0 Å². The minimum absolute atomic E-state index is 0.0564. The third kappa shape index (κ3) is 4.76. The summed E-state index contributed by atoms with van der Waals surface area (Å²) in [5, 5.41) is 24.3. The smallest absolute Gasteiger partial charge is 0.277 e. The van der Waals surface area contributed by atoms with Gasteiger partial charge in [0.1, 0.15) is 5.75 Å². The van der Waals surface area contributed by atoms with E-state index in [1.165, 1.54) is 0 Å². The van der Waals surface area contributed by atoms with E-state index in [-0.39, 0.29) is 11.7 Å². The number of non-ortho nitro benzene ring substituents is 2. The Kier molecular flexibility index (Phi) is 5.84. The fraction of sp³-hybridized carbons (Fsp3) is 0.235. The first-order valence-corrected chi connectivity index (χ1v) is 7.82. The molecule has 0 aromatic heterocycles. The van der Waals surface area contributed by atoms with Crippen LogP contribution in [0.4, 0.5) is 17.1 Å². The molecule has 1 N–H and O–H groups in total. The highest BCUT2D eigenvalue weighted by atomic mass is 16.6. The van der Waals surface area contributed by atoms with Gasteiger partial charge in [-0.15, -0.1) is 0 Å². The number of nitrogens with zero attached hydrogens (tertiary/aromatic N) is 2. The zero-order valence-corrected chi connectivity index (χ0v) is 14.2. The van der Waals surface area contributed by atoms with Gasteiger partial charge < -0.3 is 10.1 Å². The molecule has 26 heavy (non-hydrogen) atoms. The minimum atomic E-state index is -0.787. The van der Waals surface area contributed by atoms with Crippen LogP contribution in [-0.4, -0.2) is 21.9 Å². The number of hydrogen-bond donors (Lipinski definition) is 1. The molecule has 0 saturated carbocycles. The van der Waals surface area contributed by atoms with Gasteiger partial charge in [-0.1, -0.05) is 6.92 Å². The molecule has 136 valence electrons. The van der Waals surface area contributed by atoms with Gasteiger partial charge in [-0.05, 0) is 37.6 Å². The number of nitro groups is 2. The fourth-order valence-electron chi connectivity index (χ4n) is 2.07. The van der Waals surface area contributed by atoms with Crippen LogP contribution < -0.4 is 10.1 Å². The molecule has 1 atom stereocenters. The lowest BCUT2D eigenvalue weighted by Gasteiger charge is -2.13. The van der Waals surface area contributed by atoms with Gasteiger partial charge in [-0.3, -0.25) is 25.0 Å². The molecule has 0 heterocycles. The molecule has 0 aliphatic rings. The zero-order valence-electron chi connectivity index (χ0n) is 14.2. The van der Waals surface area contributed by atoms with E-state index in [0.717, 1.165) is 24.6 Å². The average Bonchev–Trinajstić information content (AvgIpc) is 2.62. The van der Waals surface area contributed by atoms with Gasteiger partial charge >= 0.3 is 0 Å². The van der Waals surface area contributed by atoms with Crippen LogP contribution in [0.25, 0.3) is 0 Å². The second-order valence-corrected chi connectivity index (χ2v) is 5.57. The van der Waals surface area contributed by atoms with E-state index in [2.05, 4.69) is 5.32 Å². The molecule has 0 spiro atoms. The summed E-state index contributed by atoms with van der Waals surface area (Å²) in [4.78, 5) is 32.5. The van der Waals surface area contributed by atoms with Crippen LogP contribution in [0.2, 0.25) is 0 Å². The highest BCUT2D eigenvalue weighted by molar-refractivity contribution is 6.05. The molecule has 0 aliphatic heterocycles. The Morgan fingerprint density at radius 1 is 1.08 bits per heavy atom. The molecule has 9 nitrogen and oxygen atoms in total. The molecule has 2 aromatic rings. The number of rotatable bonds is 7. The number of carbonyl (C=O) groups is 1. The third-order valence-electron chi connectivity index (χ3n) is 3.61. The second kappa shape index (κ2) is 8.06. The monoisotopic (exact) mass is 359 g/mol. The van der Waals surface area contributed by atoms with E-state index < -0.39 is 27.1 Å². The van der Waals surface area contributed by atoms with Crippen LogP contribution in [0, 0.1) is 20.2 Å². The zero-order chi connectivity index (χ0) is 19.3. The SMILES string of the molecule is CCC(C)Oc1ccc(NC(=O)c2cc([N+](=O)[O-])cc([N+](=O)[O-])c2)cc1. The van der Waals surface area contributed by atoms with E-state index >= 15 is 0 Å². The molecule has 0 fully saturated rings. The van der Waals surface area contributed by atoms with Crippen LogP contribution in [-0.2, 0) is 0 Å². The predicted molar refractivity (Wildman–Crippen MR) is 94.5 cm³/mol. The Balaban J connectivity index is 2.19. The van der Waals surface area contributed by atoms with E-state index in [0.29, 0.717) is 11.4 Å². The number of nitro benzene ring substituents is 2. The summed E-state index contributed by atoms with van der Waals surface area (Å²) in [7, 11) is 0. The fourth-order valence-corrected chi connectivity index (χ4v) is 2.07. The van der Waals surface area contributed by atoms with Crippen molar-refractivity contribution in [2.24, 2.45) is 0 Å². The molecular weight excluding hydrogens is 342 g/mol. The first kappa shape index (κ1) is 18.8. The molecule has 0 radical (unpaired) electrons. The quantitative estimate of drug-likeness (QED) is 0.590. The Labute approximate surface area is 148 Å². The largest absolute Gasteiger partial charge is 0.491 e. The Morgan fingerprint density at radius 2 is 1.62 bits per heavy atom. The van der Waals surface area contributed by atoms with Crippen molar-refractivity contribution in [3.8, 4) is 5.75 Å². The molecule has 2 rings (SSSR count). The van der Waals surface area contributed by atoms with Gasteiger partial charge in [0.15, 0.2) is 0 Å². The number of anilines is 1. The topological polar surface area (TPSA) is 125 Å². The first-order valence-electron chi connectivity index (χ1n) is 7.82. The predicted octanol–water partition coefficient (Wildman–Crippen LogP) is 3.93. The Morgan fingerprint density at radius 3 is 2.08 bits per heavy atom. The lowest BCUT2D eigenvalue weighted by molar-refractivity contribution is -0.394. The molecule has 0 bridgehead atoms. The highest BCUT2D eigenvalue weighted by Gasteiger charge is 2.20.